The fourth-order valence-electron chi connectivity index (χ4n) is 4.26. The number of nitrogens with zero attached hydrogens (tertiary/aromatic N) is 2. The van der Waals surface area contributed by atoms with E-state index in [-0.39, 0.29) is 5.43 Å². The molecule has 2 aliphatic rings. The molecule has 1 aromatic carbocycles. The van der Waals surface area contributed by atoms with E-state index in [1.54, 1.807) is 12.1 Å². The van der Waals surface area contributed by atoms with Gasteiger partial charge in [-0.05, 0) is 43.7 Å². The first-order chi connectivity index (χ1) is 14.6. The minimum absolute atomic E-state index is 0.102. The lowest BCUT2D eigenvalue weighted by molar-refractivity contribution is 0.164. The number of hydrogen-bond acceptors (Lipinski definition) is 2. The molecule has 0 amide bonds. The standard InChI is InChI=1S/C24H28N2O.C3H8/c1-19(26-16-15-25-14-13-23(27)17-22(25)18-26)24-10-6-5-9-21(24)12-11-20-7-3-2-4-8-20;1-3-2/h3,5-10,13-14,17,19H,2,4,11-12,15-16,18H2,1H3;3H2,1-2H3. The van der Waals surface area contributed by atoms with Gasteiger partial charge >= 0.3 is 0 Å². The summed E-state index contributed by atoms with van der Waals surface area (Å²) in [6, 6.07) is 12.7. The maximum absolute atomic E-state index is 11.7. The Hall–Kier alpha value is -2.39. The molecule has 4 rings (SSSR count). The van der Waals surface area contributed by atoms with Gasteiger partial charge < -0.3 is 4.57 Å². The molecule has 1 aliphatic carbocycles. The number of pyridine rings is 1. The second-order valence-electron chi connectivity index (χ2n) is 8.36. The lowest BCUT2D eigenvalue weighted by atomic mass is 9.93. The van der Waals surface area contributed by atoms with Crippen LogP contribution in [-0.4, -0.2) is 16.0 Å². The van der Waals surface area contributed by atoms with Crippen molar-refractivity contribution < 1.29 is 0 Å². The first-order valence-corrected chi connectivity index (χ1v) is 11.5. The smallest absolute Gasteiger partial charge is 0.181 e. The summed E-state index contributed by atoms with van der Waals surface area (Å²) < 4.78 is 2.21. The van der Waals surface area contributed by atoms with Gasteiger partial charge in [-0.1, -0.05) is 68.3 Å². The highest BCUT2D eigenvalue weighted by Gasteiger charge is 2.22. The molecule has 0 bridgehead atoms. The van der Waals surface area contributed by atoms with Crippen molar-refractivity contribution in [1.29, 1.82) is 0 Å². The van der Waals surface area contributed by atoms with Crippen LogP contribution in [0.25, 0.3) is 0 Å². The second kappa shape index (κ2) is 11.1. The van der Waals surface area contributed by atoms with Gasteiger partial charge in [0.05, 0.1) is 0 Å². The third-order valence-electron chi connectivity index (χ3n) is 5.90. The predicted octanol–water partition coefficient (Wildman–Crippen LogP) is 6.05. The molecule has 1 aliphatic heterocycles. The van der Waals surface area contributed by atoms with Crippen molar-refractivity contribution in [1.82, 2.24) is 9.47 Å². The van der Waals surface area contributed by atoms with E-state index >= 15 is 0 Å². The average Bonchev–Trinajstić information content (AvgIpc) is 2.78. The molecule has 1 aromatic heterocycles. The molecule has 1 atom stereocenters. The largest absolute Gasteiger partial charge is 0.349 e. The van der Waals surface area contributed by atoms with E-state index in [0.29, 0.717) is 6.04 Å². The molecule has 3 heteroatoms. The molecule has 0 N–H and O–H groups in total. The first kappa shape index (κ1) is 22.3. The zero-order chi connectivity index (χ0) is 21.3. The molecule has 160 valence electrons. The summed E-state index contributed by atoms with van der Waals surface area (Å²) in [7, 11) is 0. The number of allylic oxidation sites excluding steroid dienone is 4. The van der Waals surface area contributed by atoms with Crippen LogP contribution in [0.4, 0.5) is 0 Å². The number of aromatic nitrogens is 1. The Bertz CT molecular complexity index is 938. The molecular weight excluding hydrogens is 368 g/mol. The third-order valence-corrected chi connectivity index (χ3v) is 5.90. The van der Waals surface area contributed by atoms with Crippen LogP contribution >= 0.6 is 0 Å². The number of aryl methyl sites for hydroxylation is 1. The lowest BCUT2D eigenvalue weighted by Gasteiger charge is -2.35. The Morgan fingerprint density at radius 1 is 1.03 bits per heavy atom. The van der Waals surface area contributed by atoms with Crippen LogP contribution in [0.5, 0.6) is 0 Å². The Balaban J connectivity index is 0.000000806. The number of hydrogen-bond donors (Lipinski definition) is 0. The van der Waals surface area contributed by atoms with Gasteiger partial charge in [-0.2, -0.15) is 0 Å². The average molecular weight is 405 g/mol. The predicted molar refractivity (Wildman–Crippen MR) is 127 cm³/mol. The quantitative estimate of drug-likeness (QED) is 0.606. The van der Waals surface area contributed by atoms with E-state index < -0.39 is 0 Å². The molecule has 30 heavy (non-hydrogen) atoms. The van der Waals surface area contributed by atoms with Gasteiger partial charge in [0.1, 0.15) is 0 Å². The van der Waals surface area contributed by atoms with Gasteiger partial charge in [-0.15, -0.1) is 0 Å². The monoisotopic (exact) mass is 404 g/mol. The van der Waals surface area contributed by atoms with Crippen molar-refractivity contribution in [3.8, 4) is 0 Å². The molecule has 2 heterocycles. The SMILES string of the molecule is CC(c1ccccc1CCC1=CCCC=C1)N1CCn2ccc(=O)cc2C1.CCC. The van der Waals surface area contributed by atoms with E-state index in [1.165, 1.54) is 36.0 Å². The number of fused-ring (bicyclic) bond motifs is 1. The van der Waals surface area contributed by atoms with Crippen molar-refractivity contribution in [3.63, 3.8) is 0 Å². The summed E-state index contributed by atoms with van der Waals surface area (Å²) >= 11 is 0. The summed E-state index contributed by atoms with van der Waals surface area (Å²) in [5, 5.41) is 0. The van der Waals surface area contributed by atoms with Crippen LogP contribution in [0.2, 0.25) is 0 Å². The van der Waals surface area contributed by atoms with Gasteiger partial charge in [-0.3, -0.25) is 9.69 Å². The van der Waals surface area contributed by atoms with E-state index in [1.807, 2.05) is 6.20 Å². The summed E-state index contributed by atoms with van der Waals surface area (Å²) in [6.45, 7) is 9.34. The van der Waals surface area contributed by atoms with Crippen molar-refractivity contribution in [3.05, 3.63) is 93.4 Å². The van der Waals surface area contributed by atoms with Gasteiger partial charge in [0, 0.05) is 49.7 Å². The van der Waals surface area contributed by atoms with Crippen LogP contribution in [0.3, 0.4) is 0 Å². The van der Waals surface area contributed by atoms with Crippen LogP contribution in [-0.2, 0) is 19.5 Å². The minimum atomic E-state index is 0.102. The van der Waals surface area contributed by atoms with Crippen molar-refractivity contribution in [2.45, 2.75) is 72.0 Å². The maximum Gasteiger partial charge on any atom is 0.181 e. The van der Waals surface area contributed by atoms with Gasteiger partial charge in [0.2, 0.25) is 0 Å². The highest BCUT2D eigenvalue weighted by molar-refractivity contribution is 5.32. The lowest BCUT2D eigenvalue weighted by Crippen LogP contribution is -2.37. The zero-order valence-electron chi connectivity index (χ0n) is 18.8. The molecule has 1 unspecified atom stereocenters. The van der Waals surface area contributed by atoms with Gasteiger partial charge in [0.15, 0.2) is 5.43 Å². The molecular formula is C27H36N2O. The normalized spacial score (nSPS) is 16.8. The summed E-state index contributed by atoms with van der Waals surface area (Å²) in [4.78, 5) is 14.2. The van der Waals surface area contributed by atoms with Crippen LogP contribution in [0.1, 0.15) is 69.3 Å². The zero-order valence-corrected chi connectivity index (χ0v) is 18.8. The van der Waals surface area contributed by atoms with Crippen molar-refractivity contribution in [2.24, 2.45) is 0 Å². The van der Waals surface area contributed by atoms with Gasteiger partial charge in [0.25, 0.3) is 0 Å². The Morgan fingerprint density at radius 3 is 2.60 bits per heavy atom. The van der Waals surface area contributed by atoms with Crippen molar-refractivity contribution >= 4 is 0 Å². The fraction of sp³-hybridized carbons (Fsp3) is 0.444. The van der Waals surface area contributed by atoms with Crippen molar-refractivity contribution in [2.75, 3.05) is 6.54 Å². The first-order valence-electron chi connectivity index (χ1n) is 11.5. The van der Waals surface area contributed by atoms with E-state index in [9.17, 15) is 4.79 Å². The van der Waals surface area contributed by atoms with E-state index in [0.717, 1.165) is 38.2 Å². The summed E-state index contributed by atoms with van der Waals surface area (Å²) in [5.41, 5.74) is 5.56. The Morgan fingerprint density at radius 2 is 1.83 bits per heavy atom. The molecule has 0 fully saturated rings. The number of rotatable bonds is 5. The molecule has 0 saturated carbocycles. The van der Waals surface area contributed by atoms with E-state index in [4.69, 9.17) is 0 Å². The fourth-order valence-corrected chi connectivity index (χ4v) is 4.26. The summed E-state index contributed by atoms with van der Waals surface area (Å²) in [5.74, 6) is 0. The maximum atomic E-state index is 11.7. The third kappa shape index (κ3) is 5.82. The molecule has 0 saturated heterocycles. The van der Waals surface area contributed by atoms with Gasteiger partial charge in [-0.25, -0.2) is 0 Å². The second-order valence-corrected chi connectivity index (χ2v) is 8.36. The summed E-state index contributed by atoms with van der Waals surface area (Å²) in [6.07, 6.45) is 14.7. The highest BCUT2D eigenvalue weighted by atomic mass is 16.1. The molecule has 2 aromatic rings. The van der Waals surface area contributed by atoms with Crippen LogP contribution in [0, 0.1) is 0 Å². The van der Waals surface area contributed by atoms with E-state index in [2.05, 4.69) is 72.7 Å². The highest BCUT2D eigenvalue weighted by Crippen LogP contribution is 2.28. The molecule has 0 radical (unpaired) electrons. The molecule has 0 spiro atoms. The number of benzene rings is 1. The molecule has 3 nitrogen and oxygen atoms in total. The Kier molecular flexibility index (Phi) is 8.27. The minimum Gasteiger partial charge on any atom is -0.349 e. The Labute approximate surface area is 181 Å². The topological polar surface area (TPSA) is 25.2 Å². The van der Waals surface area contributed by atoms with Crippen LogP contribution < -0.4 is 5.43 Å². The van der Waals surface area contributed by atoms with Crippen LogP contribution in [0.15, 0.2) is 71.2 Å².